The molecule has 9 heteroatoms. The molecule has 1 aromatic heterocycles. The molecule has 23 heavy (non-hydrogen) atoms. The first kappa shape index (κ1) is 15.4. The van der Waals surface area contributed by atoms with Crippen LogP contribution in [0.1, 0.15) is 34.7 Å². The van der Waals surface area contributed by atoms with Crippen LogP contribution in [0.2, 0.25) is 0 Å². The normalized spacial score (nSPS) is 18.0. The average Bonchev–Trinajstić information content (AvgIpc) is 2.95. The van der Waals surface area contributed by atoms with E-state index in [-0.39, 0.29) is 6.54 Å². The SMILES string of the molecule is CC1c2nncn2CCN1C(=O)c1cccc(C(F)(F)F)c1F. The summed E-state index contributed by atoms with van der Waals surface area (Å²) >= 11 is 0. The maximum absolute atomic E-state index is 14.1. The van der Waals surface area contributed by atoms with Gasteiger partial charge in [0.1, 0.15) is 12.1 Å². The van der Waals surface area contributed by atoms with Gasteiger partial charge in [0.15, 0.2) is 5.82 Å². The molecule has 0 saturated heterocycles. The van der Waals surface area contributed by atoms with Crippen molar-refractivity contribution in [2.24, 2.45) is 0 Å². The van der Waals surface area contributed by atoms with Crippen LogP contribution >= 0.6 is 0 Å². The second-order valence-corrected chi connectivity index (χ2v) is 5.22. The molecule has 0 saturated carbocycles. The van der Waals surface area contributed by atoms with Gasteiger partial charge in [0.2, 0.25) is 0 Å². The Morgan fingerprint density at radius 3 is 2.74 bits per heavy atom. The molecule has 0 radical (unpaired) electrons. The van der Waals surface area contributed by atoms with E-state index in [0.29, 0.717) is 18.4 Å². The molecule has 1 aromatic carbocycles. The molecule has 0 aliphatic carbocycles. The molecule has 122 valence electrons. The van der Waals surface area contributed by atoms with Gasteiger partial charge in [-0.1, -0.05) is 6.07 Å². The second kappa shape index (κ2) is 5.32. The molecule has 1 aliphatic heterocycles. The molecule has 0 N–H and O–H groups in total. The highest BCUT2D eigenvalue weighted by Crippen LogP contribution is 2.33. The standard InChI is InChI=1S/C14H12F4N4O/c1-8-12-20-19-7-21(12)5-6-22(8)13(23)9-3-2-4-10(11(9)15)14(16,17)18/h2-4,7-8H,5-6H2,1H3. The summed E-state index contributed by atoms with van der Waals surface area (Å²) in [7, 11) is 0. The number of halogens is 4. The predicted molar refractivity (Wildman–Crippen MR) is 70.9 cm³/mol. The molecular weight excluding hydrogens is 316 g/mol. The lowest BCUT2D eigenvalue weighted by molar-refractivity contribution is -0.140. The van der Waals surface area contributed by atoms with Gasteiger partial charge in [-0.15, -0.1) is 10.2 Å². The number of carbonyl (C=O) groups is 1. The van der Waals surface area contributed by atoms with E-state index in [4.69, 9.17) is 0 Å². The lowest BCUT2D eigenvalue weighted by Crippen LogP contribution is -2.41. The Balaban J connectivity index is 1.96. The Morgan fingerprint density at radius 1 is 1.30 bits per heavy atom. The minimum absolute atomic E-state index is 0.237. The maximum atomic E-state index is 14.1. The van der Waals surface area contributed by atoms with Crippen LogP contribution in [0.25, 0.3) is 0 Å². The molecule has 1 aliphatic rings. The fourth-order valence-electron chi connectivity index (χ4n) is 2.66. The number of amides is 1. The van der Waals surface area contributed by atoms with E-state index in [9.17, 15) is 22.4 Å². The van der Waals surface area contributed by atoms with E-state index in [1.54, 1.807) is 11.5 Å². The van der Waals surface area contributed by atoms with Crippen molar-refractivity contribution >= 4 is 5.91 Å². The minimum Gasteiger partial charge on any atom is -0.327 e. The van der Waals surface area contributed by atoms with E-state index < -0.39 is 35.1 Å². The first-order valence-electron chi connectivity index (χ1n) is 6.85. The quantitative estimate of drug-likeness (QED) is 0.756. The fraction of sp³-hybridized carbons (Fsp3) is 0.357. The van der Waals surface area contributed by atoms with Crippen molar-refractivity contribution in [1.29, 1.82) is 0 Å². The van der Waals surface area contributed by atoms with Crippen LogP contribution in [0.5, 0.6) is 0 Å². The number of alkyl halides is 3. The molecule has 0 fully saturated rings. The largest absolute Gasteiger partial charge is 0.419 e. The van der Waals surface area contributed by atoms with Crippen molar-refractivity contribution < 1.29 is 22.4 Å². The lowest BCUT2D eigenvalue weighted by Gasteiger charge is -2.33. The Morgan fingerprint density at radius 2 is 2.04 bits per heavy atom. The fourth-order valence-corrected chi connectivity index (χ4v) is 2.66. The van der Waals surface area contributed by atoms with Gasteiger partial charge in [0.05, 0.1) is 17.2 Å². The molecule has 0 bridgehead atoms. The maximum Gasteiger partial charge on any atom is 0.419 e. The summed E-state index contributed by atoms with van der Waals surface area (Å²) in [6, 6.07) is 2.19. The van der Waals surface area contributed by atoms with Gasteiger partial charge < -0.3 is 9.47 Å². The van der Waals surface area contributed by atoms with Crippen molar-refractivity contribution in [1.82, 2.24) is 19.7 Å². The number of benzene rings is 1. The lowest BCUT2D eigenvalue weighted by atomic mass is 10.1. The molecule has 1 amide bonds. The molecule has 0 spiro atoms. The van der Waals surface area contributed by atoms with Crippen LogP contribution in [0.3, 0.4) is 0 Å². The third kappa shape index (κ3) is 2.55. The summed E-state index contributed by atoms with van der Waals surface area (Å²) in [6.45, 7) is 2.31. The van der Waals surface area contributed by atoms with Gasteiger partial charge in [0.25, 0.3) is 5.91 Å². The van der Waals surface area contributed by atoms with Gasteiger partial charge in [0, 0.05) is 13.1 Å². The predicted octanol–water partition coefficient (Wildman–Crippen LogP) is 2.65. The highest BCUT2D eigenvalue weighted by atomic mass is 19.4. The molecule has 1 atom stereocenters. The topological polar surface area (TPSA) is 51.0 Å². The van der Waals surface area contributed by atoms with E-state index in [1.807, 2.05) is 0 Å². The molecule has 3 rings (SSSR count). The number of aromatic nitrogens is 3. The van der Waals surface area contributed by atoms with E-state index in [0.717, 1.165) is 12.1 Å². The third-order valence-corrected chi connectivity index (χ3v) is 3.86. The van der Waals surface area contributed by atoms with E-state index >= 15 is 0 Å². The van der Waals surface area contributed by atoms with E-state index in [2.05, 4.69) is 10.2 Å². The van der Waals surface area contributed by atoms with Crippen LogP contribution in [0.15, 0.2) is 24.5 Å². The van der Waals surface area contributed by atoms with Crippen LogP contribution in [-0.2, 0) is 12.7 Å². The van der Waals surface area contributed by atoms with Crippen LogP contribution in [0, 0.1) is 5.82 Å². The zero-order valence-electron chi connectivity index (χ0n) is 12.0. The number of nitrogens with zero attached hydrogens (tertiary/aromatic N) is 4. The first-order chi connectivity index (χ1) is 10.8. The highest BCUT2D eigenvalue weighted by molar-refractivity contribution is 5.95. The van der Waals surface area contributed by atoms with Crippen molar-refractivity contribution in [3.8, 4) is 0 Å². The molecular formula is C14H12F4N4O. The Labute approximate surface area is 128 Å². The van der Waals surface area contributed by atoms with Crippen LogP contribution < -0.4 is 0 Å². The summed E-state index contributed by atoms with van der Waals surface area (Å²) in [5.74, 6) is -1.84. The zero-order chi connectivity index (χ0) is 16.8. The summed E-state index contributed by atoms with van der Waals surface area (Å²) in [4.78, 5) is 13.8. The Kier molecular flexibility index (Phi) is 3.57. The summed E-state index contributed by atoms with van der Waals surface area (Å²) in [5, 5.41) is 7.63. The smallest absolute Gasteiger partial charge is 0.327 e. The van der Waals surface area contributed by atoms with Crippen LogP contribution in [-0.4, -0.2) is 32.1 Å². The molecule has 5 nitrogen and oxygen atoms in total. The second-order valence-electron chi connectivity index (χ2n) is 5.22. The number of hydrogen-bond acceptors (Lipinski definition) is 3. The monoisotopic (exact) mass is 328 g/mol. The third-order valence-electron chi connectivity index (χ3n) is 3.86. The van der Waals surface area contributed by atoms with Crippen molar-refractivity contribution in [2.45, 2.75) is 25.7 Å². The molecule has 2 aromatic rings. The van der Waals surface area contributed by atoms with Gasteiger partial charge in [-0.05, 0) is 19.1 Å². The summed E-state index contributed by atoms with van der Waals surface area (Å²) in [6.07, 6.45) is -3.34. The number of fused-ring (bicyclic) bond motifs is 1. The first-order valence-corrected chi connectivity index (χ1v) is 6.85. The average molecular weight is 328 g/mol. The number of rotatable bonds is 1. The van der Waals surface area contributed by atoms with Gasteiger partial charge in [-0.3, -0.25) is 4.79 Å². The van der Waals surface area contributed by atoms with Crippen molar-refractivity contribution in [2.75, 3.05) is 6.54 Å². The number of carbonyl (C=O) groups excluding carboxylic acids is 1. The Bertz CT molecular complexity index is 755. The van der Waals surface area contributed by atoms with Gasteiger partial charge >= 0.3 is 6.18 Å². The summed E-state index contributed by atoms with van der Waals surface area (Å²) in [5.41, 5.74) is -2.05. The van der Waals surface area contributed by atoms with Crippen LogP contribution in [0.4, 0.5) is 17.6 Å². The molecule has 2 heterocycles. The van der Waals surface area contributed by atoms with Crippen molar-refractivity contribution in [3.63, 3.8) is 0 Å². The molecule has 1 unspecified atom stereocenters. The Hall–Kier alpha value is -2.45. The summed E-state index contributed by atoms with van der Waals surface area (Å²) < 4.78 is 54.2. The zero-order valence-corrected chi connectivity index (χ0v) is 12.0. The highest BCUT2D eigenvalue weighted by Gasteiger charge is 2.37. The number of hydrogen-bond donors (Lipinski definition) is 0. The minimum atomic E-state index is -4.85. The van der Waals surface area contributed by atoms with Gasteiger partial charge in [-0.25, -0.2) is 4.39 Å². The van der Waals surface area contributed by atoms with Crippen molar-refractivity contribution in [3.05, 3.63) is 47.3 Å². The van der Waals surface area contributed by atoms with Gasteiger partial charge in [-0.2, -0.15) is 13.2 Å². The van der Waals surface area contributed by atoms with E-state index in [1.165, 1.54) is 11.2 Å².